The molecule has 0 aliphatic rings. The van der Waals surface area contributed by atoms with Crippen molar-refractivity contribution in [3.8, 4) is 11.4 Å². The molecule has 0 saturated carbocycles. The summed E-state index contributed by atoms with van der Waals surface area (Å²) in [6, 6.07) is 21.1. The number of hydrogen-bond acceptors (Lipinski definition) is 5. The summed E-state index contributed by atoms with van der Waals surface area (Å²) in [5.41, 5.74) is 5.03. The number of hydrogen-bond donors (Lipinski definition) is 1. The number of nitrogens with one attached hydrogen (secondary N) is 1. The second-order valence-corrected chi connectivity index (χ2v) is 6.64. The monoisotopic (exact) mass is 413 g/mol. The number of esters is 1. The van der Waals surface area contributed by atoms with Gasteiger partial charge in [-0.3, -0.25) is 4.79 Å². The molecule has 31 heavy (non-hydrogen) atoms. The van der Waals surface area contributed by atoms with Gasteiger partial charge in [0.05, 0.1) is 12.0 Å². The number of amides is 1. The Morgan fingerprint density at radius 2 is 1.68 bits per heavy atom. The third kappa shape index (κ3) is 4.62. The summed E-state index contributed by atoms with van der Waals surface area (Å²) >= 11 is 0. The molecule has 7 heteroatoms. The molecule has 2 aromatic heterocycles. The summed E-state index contributed by atoms with van der Waals surface area (Å²) in [6.07, 6.45) is 5.26. The maximum Gasteiger partial charge on any atom is 0.379 e. The molecule has 4 rings (SSSR count). The van der Waals surface area contributed by atoms with Crippen molar-refractivity contribution < 1.29 is 18.7 Å². The fourth-order valence-corrected chi connectivity index (χ4v) is 2.95. The average Bonchev–Trinajstić information content (AvgIpc) is 3.52. The van der Waals surface area contributed by atoms with E-state index in [2.05, 4.69) is 10.5 Å². The van der Waals surface area contributed by atoms with Gasteiger partial charge in [0.1, 0.15) is 5.75 Å². The van der Waals surface area contributed by atoms with Crippen LogP contribution in [0.3, 0.4) is 0 Å². The molecular weight excluding hydrogens is 394 g/mol. The summed E-state index contributed by atoms with van der Waals surface area (Å²) in [7, 11) is 0. The van der Waals surface area contributed by atoms with Crippen molar-refractivity contribution in [3.05, 3.63) is 108 Å². The van der Waals surface area contributed by atoms with Gasteiger partial charge in [0.2, 0.25) is 5.76 Å². The van der Waals surface area contributed by atoms with Gasteiger partial charge in [0.25, 0.3) is 5.91 Å². The Kier molecular flexibility index (Phi) is 5.75. The minimum atomic E-state index is -0.614. The van der Waals surface area contributed by atoms with Gasteiger partial charge in [0, 0.05) is 29.2 Å². The van der Waals surface area contributed by atoms with Gasteiger partial charge in [0.15, 0.2) is 0 Å². The molecule has 1 N–H and O–H groups in total. The maximum absolute atomic E-state index is 12.5. The number of aromatic nitrogens is 1. The van der Waals surface area contributed by atoms with Crippen LogP contribution in [0.5, 0.6) is 5.75 Å². The van der Waals surface area contributed by atoms with E-state index in [9.17, 15) is 9.59 Å². The molecule has 0 saturated heterocycles. The normalized spacial score (nSPS) is 11.2. The highest BCUT2D eigenvalue weighted by Gasteiger charge is 2.15. The molecule has 0 aliphatic carbocycles. The van der Waals surface area contributed by atoms with E-state index in [1.807, 2.05) is 41.2 Å². The smallest absolute Gasteiger partial charge is 0.379 e. The van der Waals surface area contributed by atoms with Crippen molar-refractivity contribution in [2.45, 2.75) is 6.92 Å². The standard InChI is InChI=1S/C24H19N3O4/c1-17(20-7-2-3-8-21(20)31-24(29)22-9-6-16-30-22)25-26-23(28)18-10-12-19(13-11-18)27-14-4-5-15-27/h2-16H,1H3,(H,26,28). The van der Waals surface area contributed by atoms with E-state index in [-0.39, 0.29) is 11.7 Å². The van der Waals surface area contributed by atoms with Crippen LogP contribution < -0.4 is 10.2 Å². The molecular formula is C24H19N3O4. The molecule has 2 heterocycles. The first-order valence-electron chi connectivity index (χ1n) is 9.55. The van der Waals surface area contributed by atoms with Crippen LogP contribution in [0.4, 0.5) is 0 Å². The fraction of sp³-hybridized carbons (Fsp3) is 0.0417. The molecule has 7 nitrogen and oxygen atoms in total. The van der Waals surface area contributed by atoms with Crippen molar-refractivity contribution in [1.82, 2.24) is 9.99 Å². The van der Waals surface area contributed by atoms with E-state index in [4.69, 9.17) is 9.15 Å². The quantitative estimate of drug-likeness (QED) is 0.219. The lowest BCUT2D eigenvalue weighted by Crippen LogP contribution is -2.19. The van der Waals surface area contributed by atoms with Gasteiger partial charge < -0.3 is 13.7 Å². The summed E-state index contributed by atoms with van der Waals surface area (Å²) in [5, 5.41) is 4.17. The van der Waals surface area contributed by atoms with Crippen LogP contribution in [0, 0.1) is 0 Å². The minimum Gasteiger partial charge on any atom is -0.457 e. The number of carbonyl (C=O) groups excluding carboxylic acids is 2. The van der Waals surface area contributed by atoms with Crippen LogP contribution in [0.25, 0.3) is 5.69 Å². The Balaban J connectivity index is 1.46. The zero-order chi connectivity index (χ0) is 21.6. The van der Waals surface area contributed by atoms with Gasteiger partial charge in [-0.15, -0.1) is 0 Å². The van der Waals surface area contributed by atoms with Crippen LogP contribution in [0.1, 0.15) is 33.4 Å². The Labute approximate surface area is 178 Å². The lowest BCUT2D eigenvalue weighted by molar-refractivity contribution is 0.0700. The lowest BCUT2D eigenvalue weighted by Gasteiger charge is -2.09. The third-order valence-corrected chi connectivity index (χ3v) is 4.56. The number of para-hydroxylation sites is 1. The van der Waals surface area contributed by atoms with Crippen LogP contribution >= 0.6 is 0 Å². The SMILES string of the molecule is CC(=NNC(=O)c1ccc(-n2cccc2)cc1)c1ccccc1OC(=O)c1ccco1. The number of furan rings is 1. The van der Waals surface area contributed by atoms with E-state index in [1.165, 1.54) is 12.3 Å². The Bertz CT molecular complexity index is 1210. The molecule has 0 unspecified atom stereocenters. The predicted octanol–water partition coefficient (Wildman–Crippen LogP) is 4.44. The Morgan fingerprint density at radius 1 is 0.935 bits per heavy atom. The van der Waals surface area contributed by atoms with Gasteiger partial charge in [-0.2, -0.15) is 5.10 Å². The summed E-state index contributed by atoms with van der Waals surface area (Å²) in [4.78, 5) is 24.7. The molecule has 2 aromatic carbocycles. The first-order valence-corrected chi connectivity index (χ1v) is 9.55. The highest BCUT2D eigenvalue weighted by Crippen LogP contribution is 2.20. The molecule has 0 bridgehead atoms. The molecule has 4 aromatic rings. The predicted molar refractivity (Wildman–Crippen MR) is 116 cm³/mol. The molecule has 0 fully saturated rings. The van der Waals surface area contributed by atoms with E-state index in [0.717, 1.165) is 5.69 Å². The number of ether oxygens (including phenoxy) is 1. The molecule has 0 spiro atoms. The first-order chi connectivity index (χ1) is 15.1. The van der Waals surface area contributed by atoms with Crippen LogP contribution in [0.15, 0.2) is 101 Å². The highest BCUT2D eigenvalue weighted by molar-refractivity contribution is 6.03. The number of carbonyl (C=O) groups is 2. The molecule has 0 radical (unpaired) electrons. The topological polar surface area (TPSA) is 85.8 Å². The third-order valence-electron chi connectivity index (χ3n) is 4.56. The van der Waals surface area contributed by atoms with Gasteiger partial charge in [-0.05, 0) is 67.6 Å². The van der Waals surface area contributed by atoms with E-state index in [0.29, 0.717) is 22.6 Å². The summed E-state index contributed by atoms with van der Waals surface area (Å²) in [5.74, 6) is -0.544. The lowest BCUT2D eigenvalue weighted by atomic mass is 10.1. The van der Waals surface area contributed by atoms with E-state index < -0.39 is 5.97 Å². The van der Waals surface area contributed by atoms with E-state index in [1.54, 1.807) is 49.4 Å². The average molecular weight is 413 g/mol. The Morgan fingerprint density at radius 3 is 2.39 bits per heavy atom. The number of nitrogens with zero attached hydrogens (tertiary/aromatic N) is 2. The number of rotatable bonds is 6. The van der Waals surface area contributed by atoms with Crippen molar-refractivity contribution in [3.63, 3.8) is 0 Å². The molecule has 1 amide bonds. The van der Waals surface area contributed by atoms with Crippen molar-refractivity contribution in [2.75, 3.05) is 0 Å². The fourth-order valence-electron chi connectivity index (χ4n) is 2.95. The minimum absolute atomic E-state index is 0.0982. The van der Waals surface area contributed by atoms with Gasteiger partial charge >= 0.3 is 5.97 Å². The van der Waals surface area contributed by atoms with Crippen molar-refractivity contribution >= 4 is 17.6 Å². The van der Waals surface area contributed by atoms with E-state index >= 15 is 0 Å². The molecule has 0 atom stereocenters. The highest BCUT2D eigenvalue weighted by atomic mass is 16.5. The van der Waals surface area contributed by atoms with Crippen LogP contribution in [-0.2, 0) is 0 Å². The largest absolute Gasteiger partial charge is 0.457 e. The second kappa shape index (κ2) is 8.96. The second-order valence-electron chi connectivity index (χ2n) is 6.64. The number of benzene rings is 2. The van der Waals surface area contributed by atoms with Gasteiger partial charge in [-0.1, -0.05) is 12.1 Å². The van der Waals surface area contributed by atoms with Crippen LogP contribution in [0.2, 0.25) is 0 Å². The molecule has 154 valence electrons. The van der Waals surface area contributed by atoms with Crippen molar-refractivity contribution in [2.24, 2.45) is 5.10 Å². The first kappa shape index (κ1) is 19.9. The van der Waals surface area contributed by atoms with Gasteiger partial charge in [-0.25, -0.2) is 10.2 Å². The Hall–Kier alpha value is -4.39. The van der Waals surface area contributed by atoms with Crippen molar-refractivity contribution in [1.29, 1.82) is 0 Å². The summed E-state index contributed by atoms with van der Waals surface area (Å²) in [6.45, 7) is 1.72. The summed E-state index contributed by atoms with van der Waals surface area (Å²) < 4.78 is 12.4. The number of hydrazone groups is 1. The zero-order valence-electron chi connectivity index (χ0n) is 16.7. The maximum atomic E-state index is 12.5. The molecule has 0 aliphatic heterocycles. The zero-order valence-corrected chi connectivity index (χ0v) is 16.7. The van der Waals surface area contributed by atoms with Crippen LogP contribution in [-0.4, -0.2) is 22.2 Å².